The Morgan fingerprint density at radius 3 is 0.908 bits per heavy atom. The maximum atomic E-state index is 12.9. The van der Waals surface area contributed by atoms with E-state index in [2.05, 4.69) is 45.1 Å². The van der Waals surface area contributed by atoms with Crippen molar-refractivity contribution in [2.24, 2.45) is 0 Å². The van der Waals surface area contributed by atoms with Gasteiger partial charge in [-0.15, -0.1) is 0 Å². The van der Waals surface area contributed by atoms with Gasteiger partial charge in [0.05, 0.1) is 19.8 Å². The van der Waals surface area contributed by atoms with Gasteiger partial charge >= 0.3 is 25.7 Å². The molecule has 448 valence electrons. The summed E-state index contributed by atoms with van der Waals surface area (Å²) in [6.07, 6.45) is 61.2. The third kappa shape index (κ3) is 56.7. The number of carbonyl (C=O) groups excluding carboxylic acids is 3. The highest BCUT2D eigenvalue weighted by atomic mass is 31.2. The number of aliphatic hydroxyl groups excluding tert-OH is 1. The van der Waals surface area contributed by atoms with Gasteiger partial charge in [0.15, 0.2) is 6.10 Å². The summed E-state index contributed by atoms with van der Waals surface area (Å²) in [6.45, 7) is 4.70. The highest BCUT2D eigenvalue weighted by molar-refractivity contribution is 7.47. The molecule has 0 aromatic carbocycles. The van der Waals surface area contributed by atoms with E-state index in [1.165, 1.54) is 199 Å². The first kappa shape index (κ1) is 74.0. The van der Waals surface area contributed by atoms with Crippen molar-refractivity contribution in [1.29, 1.82) is 0 Å². The molecular formula is C64H121O11P. The summed E-state index contributed by atoms with van der Waals surface area (Å²) in [5.74, 6) is -1.44. The summed E-state index contributed by atoms with van der Waals surface area (Å²) in [5, 5.41) is 9.85. The molecule has 0 amide bonds. The Balaban J connectivity index is 4.65. The minimum Gasteiger partial charge on any atom is -0.462 e. The van der Waals surface area contributed by atoms with E-state index in [4.69, 9.17) is 23.3 Å². The number of ether oxygens (including phenoxy) is 3. The van der Waals surface area contributed by atoms with Crippen LogP contribution in [0.15, 0.2) is 24.3 Å². The van der Waals surface area contributed by atoms with Gasteiger partial charge in [-0.25, -0.2) is 4.57 Å². The minimum absolute atomic E-state index is 0.168. The molecule has 0 saturated heterocycles. The number of hydrogen-bond donors (Lipinski definition) is 2. The fourth-order valence-electron chi connectivity index (χ4n) is 9.41. The van der Waals surface area contributed by atoms with E-state index in [1.807, 2.05) is 0 Å². The van der Waals surface area contributed by atoms with Crippen LogP contribution in [0.4, 0.5) is 0 Å². The number of aliphatic hydroxyl groups is 1. The highest BCUT2D eigenvalue weighted by Gasteiger charge is 2.28. The first-order valence-electron chi connectivity index (χ1n) is 32.2. The zero-order valence-electron chi connectivity index (χ0n) is 49.7. The van der Waals surface area contributed by atoms with Crippen molar-refractivity contribution in [2.45, 2.75) is 341 Å². The smallest absolute Gasteiger partial charge is 0.462 e. The Bertz CT molecular complexity index is 1370. The number of rotatable bonds is 61. The Morgan fingerprint density at radius 1 is 0.355 bits per heavy atom. The van der Waals surface area contributed by atoms with Crippen LogP contribution in [0.3, 0.4) is 0 Å². The fraction of sp³-hybridized carbons (Fsp3) is 0.891. The summed E-state index contributed by atoms with van der Waals surface area (Å²) in [5.41, 5.74) is 0. The van der Waals surface area contributed by atoms with Gasteiger partial charge in [0.2, 0.25) is 0 Å². The van der Waals surface area contributed by atoms with Crippen LogP contribution in [0.2, 0.25) is 0 Å². The van der Waals surface area contributed by atoms with Crippen LogP contribution in [0, 0.1) is 0 Å². The van der Waals surface area contributed by atoms with Crippen LogP contribution in [0.5, 0.6) is 0 Å². The molecule has 0 saturated carbocycles. The molecule has 3 unspecified atom stereocenters. The summed E-state index contributed by atoms with van der Waals surface area (Å²) in [6, 6.07) is 0. The molecule has 11 nitrogen and oxygen atoms in total. The van der Waals surface area contributed by atoms with Crippen molar-refractivity contribution in [3.8, 4) is 0 Å². The lowest BCUT2D eigenvalue weighted by atomic mass is 10.0. The van der Waals surface area contributed by atoms with Gasteiger partial charge in [0, 0.05) is 19.3 Å². The minimum atomic E-state index is -4.75. The summed E-state index contributed by atoms with van der Waals surface area (Å²) in [4.78, 5) is 48.7. The molecule has 12 heteroatoms. The molecule has 0 aromatic rings. The molecular weight excluding hydrogens is 976 g/mol. The predicted octanol–water partition coefficient (Wildman–Crippen LogP) is 19.4. The van der Waals surface area contributed by atoms with E-state index in [0.29, 0.717) is 19.3 Å². The van der Waals surface area contributed by atoms with Crippen molar-refractivity contribution >= 4 is 25.7 Å². The van der Waals surface area contributed by atoms with E-state index in [0.717, 1.165) is 70.6 Å². The Morgan fingerprint density at radius 2 is 0.605 bits per heavy atom. The maximum absolute atomic E-state index is 12.9. The van der Waals surface area contributed by atoms with Gasteiger partial charge in [-0.2, -0.15) is 0 Å². The highest BCUT2D eigenvalue weighted by Crippen LogP contribution is 2.43. The monoisotopic (exact) mass is 1100 g/mol. The Kier molecular flexibility index (Phi) is 57.5. The quantitative estimate of drug-likeness (QED) is 0.0197. The van der Waals surface area contributed by atoms with Crippen LogP contribution >= 0.6 is 7.82 Å². The second kappa shape index (κ2) is 59.1. The molecule has 0 aliphatic carbocycles. The molecule has 0 radical (unpaired) electrons. The Hall–Kier alpha value is -2.04. The number of phosphoric ester groups is 1. The van der Waals surface area contributed by atoms with Gasteiger partial charge in [-0.1, -0.05) is 263 Å². The zero-order valence-corrected chi connectivity index (χ0v) is 50.6. The molecule has 3 atom stereocenters. The second-order valence-electron chi connectivity index (χ2n) is 21.9. The van der Waals surface area contributed by atoms with Gasteiger partial charge in [-0.3, -0.25) is 23.4 Å². The van der Waals surface area contributed by atoms with Crippen LogP contribution in [-0.2, 0) is 42.2 Å². The molecule has 0 fully saturated rings. The number of unbranched alkanes of at least 4 members (excludes halogenated alkanes) is 40. The van der Waals surface area contributed by atoms with Crippen molar-refractivity contribution in [1.82, 2.24) is 0 Å². The van der Waals surface area contributed by atoms with E-state index in [-0.39, 0.29) is 25.9 Å². The first-order valence-corrected chi connectivity index (χ1v) is 33.7. The van der Waals surface area contributed by atoms with Crippen LogP contribution in [0.25, 0.3) is 0 Å². The largest absolute Gasteiger partial charge is 0.472 e. The standard InChI is InChI=1S/C64H121O11P/c1-4-7-10-13-16-19-22-25-28-30-33-36-39-42-45-48-51-54-63(67)74-60(56-65)58-72-76(69,70)73-59-61(57-71-62(66)53-50-47-44-41-38-35-32-27-24-21-18-15-12-9-6-3)75-64(68)55-52-49-46-43-40-37-34-31-29-26-23-20-17-14-11-8-5-2/h25-26,28-29,60-61,65H,4-24,27,30-59H2,1-3H3,(H,69,70)/b28-25-,29-26-. The molecule has 0 heterocycles. The lowest BCUT2D eigenvalue weighted by molar-refractivity contribution is -0.161. The predicted molar refractivity (Wildman–Crippen MR) is 316 cm³/mol. The fourth-order valence-corrected chi connectivity index (χ4v) is 10.2. The van der Waals surface area contributed by atoms with Crippen LogP contribution in [0.1, 0.15) is 329 Å². The zero-order chi connectivity index (χ0) is 55.5. The number of hydrogen-bond acceptors (Lipinski definition) is 10. The van der Waals surface area contributed by atoms with Gasteiger partial charge in [-0.05, 0) is 70.6 Å². The molecule has 0 bridgehead atoms. The van der Waals surface area contributed by atoms with Crippen molar-refractivity contribution < 1.29 is 52.2 Å². The number of allylic oxidation sites excluding steroid dienone is 4. The number of esters is 3. The molecule has 76 heavy (non-hydrogen) atoms. The second-order valence-corrected chi connectivity index (χ2v) is 23.4. The first-order chi connectivity index (χ1) is 37.2. The van der Waals surface area contributed by atoms with Gasteiger partial charge in [0.1, 0.15) is 12.7 Å². The van der Waals surface area contributed by atoms with E-state index in [9.17, 15) is 28.9 Å². The molecule has 0 spiro atoms. The average molecular weight is 1100 g/mol. The topological polar surface area (TPSA) is 155 Å². The third-order valence-corrected chi connectivity index (χ3v) is 15.3. The van der Waals surface area contributed by atoms with E-state index < -0.39 is 57.8 Å². The lowest BCUT2D eigenvalue weighted by Crippen LogP contribution is -2.30. The maximum Gasteiger partial charge on any atom is 0.472 e. The van der Waals surface area contributed by atoms with Gasteiger partial charge in [0.25, 0.3) is 0 Å². The lowest BCUT2D eigenvalue weighted by Gasteiger charge is -2.21. The molecule has 0 aromatic heterocycles. The Labute approximate surface area is 468 Å². The number of phosphoric acid groups is 1. The van der Waals surface area contributed by atoms with E-state index >= 15 is 0 Å². The third-order valence-electron chi connectivity index (χ3n) is 14.3. The molecule has 0 aliphatic rings. The average Bonchev–Trinajstić information content (AvgIpc) is 3.41. The van der Waals surface area contributed by atoms with Gasteiger partial charge < -0.3 is 24.2 Å². The van der Waals surface area contributed by atoms with Crippen molar-refractivity contribution in [2.75, 3.05) is 26.4 Å². The van der Waals surface area contributed by atoms with Crippen LogP contribution < -0.4 is 0 Å². The SMILES string of the molecule is CCCCCCCC/C=C\CCCCCCCCCC(=O)OC(CO)COP(=O)(O)OCC(COC(=O)CCCCCCCCCCCCCCCCC)OC(=O)CCCCCCCCC/C=C\CCCCCCCC. The van der Waals surface area contributed by atoms with Crippen molar-refractivity contribution in [3.05, 3.63) is 24.3 Å². The summed E-state index contributed by atoms with van der Waals surface area (Å²) in [7, 11) is -4.75. The molecule has 0 rings (SSSR count). The number of carbonyl (C=O) groups is 3. The van der Waals surface area contributed by atoms with Crippen molar-refractivity contribution in [3.63, 3.8) is 0 Å². The molecule has 0 aliphatic heterocycles. The summed E-state index contributed by atoms with van der Waals surface area (Å²) < 4.78 is 39.7. The normalized spacial score (nSPS) is 13.4. The molecule has 2 N–H and O–H groups in total. The van der Waals surface area contributed by atoms with Crippen LogP contribution in [-0.4, -0.2) is 66.5 Å². The summed E-state index contributed by atoms with van der Waals surface area (Å²) >= 11 is 0. The van der Waals surface area contributed by atoms with E-state index in [1.54, 1.807) is 0 Å².